The molecule has 1 saturated carbocycles. The van der Waals surface area contributed by atoms with E-state index in [2.05, 4.69) is 4.98 Å². The maximum absolute atomic E-state index is 10.4. The molecule has 17 heavy (non-hydrogen) atoms. The Morgan fingerprint density at radius 1 is 1.53 bits per heavy atom. The van der Waals surface area contributed by atoms with Gasteiger partial charge in [0.15, 0.2) is 0 Å². The molecule has 1 aromatic rings. The molecule has 1 atom stereocenters. The summed E-state index contributed by atoms with van der Waals surface area (Å²) in [6, 6.07) is 3.69. The van der Waals surface area contributed by atoms with Gasteiger partial charge in [0, 0.05) is 19.7 Å². The number of aliphatic hydroxyl groups is 1. The van der Waals surface area contributed by atoms with Crippen molar-refractivity contribution < 1.29 is 9.84 Å². The Balaban J connectivity index is 2.07. The third kappa shape index (κ3) is 2.58. The number of nitrogens with two attached hydrogens (primary N) is 1. The molecule has 1 aliphatic carbocycles. The number of hydrogen-bond acceptors (Lipinski definition) is 4. The average Bonchev–Trinajstić information content (AvgIpc) is 2.78. The highest BCUT2D eigenvalue weighted by molar-refractivity contribution is 5.32. The molecular weight excluding hydrogens is 216 g/mol. The Morgan fingerprint density at radius 3 is 2.82 bits per heavy atom. The van der Waals surface area contributed by atoms with Gasteiger partial charge in [0.1, 0.15) is 5.82 Å². The lowest BCUT2D eigenvalue weighted by Gasteiger charge is -2.33. The van der Waals surface area contributed by atoms with E-state index in [1.54, 1.807) is 13.3 Å². The largest absolute Gasteiger partial charge is 0.390 e. The molecule has 3 N–H and O–H groups in total. The highest BCUT2D eigenvalue weighted by atomic mass is 16.5. The number of hydrogen-bond donors (Lipinski definition) is 2. The van der Waals surface area contributed by atoms with E-state index in [1.165, 1.54) is 0 Å². The normalized spacial score (nSPS) is 20.4. The molecule has 1 unspecified atom stereocenters. The van der Waals surface area contributed by atoms with Gasteiger partial charge in [-0.2, -0.15) is 0 Å². The number of methoxy groups -OCH3 is 1. The summed E-state index contributed by atoms with van der Waals surface area (Å²) in [5.41, 5.74) is 6.27. The number of nitrogen functional groups attached to an aromatic ring is 1. The number of aliphatic hydroxyl groups excluding tert-OH is 1. The highest BCUT2D eigenvalue weighted by Gasteiger charge is 2.40. The molecule has 4 nitrogen and oxygen atoms in total. The minimum Gasteiger partial charge on any atom is -0.390 e. The van der Waals surface area contributed by atoms with E-state index >= 15 is 0 Å². The summed E-state index contributed by atoms with van der Waals surface area (Å²) in [5, 5.41) is 10.4. The van der Waals surface area contributed by atoms with Crippen molar-refractivity contribution in [3.05, 3.63) is 23.9 Å². The molecule has 0 amide bonds. The summed E-state index contributed by atoms with van der Waals surface area (Å²) in [5.74, 6) is 0.493. The number of nitrogens with zero attached hydrogens (tertiary/aromatic N) is 1. The molecule has 0 aromatic carbocycles. The van der Waals surface area contributed by atoms with Crippen molar-refractivity contribution in [1.82, 2.24) is 4.98 Å². The van der Waals surface area contributed by atoms with E-state index in [4.69, 9.17) is 10.5 Å². The minimum absolute atomic E-state index is 0.363. The molecule has 4 heteroatoms. The number of pyridine rings is 1. The van der Waals surface area contributed by atoms with Crippen LogP contribution in [0.3, 0.4) is 0 Å². The zero-order valence-corrected chi connectivity index (χ0v) is 10.2. The summed E-state index contributed by atoms with van der Waals surface area (Å²) in [6.45, 7) is 0. The molecular formula is C13H20N2O2. The molecule has 0 spiro atoms. The van der Waals surface area contributed by atoms with Gasteiger partial charge in [-0.25, -0.2) is 4.98 Å². The summed E-state index contributed by atoms with van der Waals surface area (Å²) in [6.07, 6.45) is 5.90. The number of rotatable bonds is 4. The van der Waals surface area contributed by atoms with Crippen molar-refractivity contribution in [3.63, 3.8) is 0 Å². The van der Waals surface area contributed by atoms with Crippen LogP contribution >= 0.6 is 0 Å². The van der Waals surface area contributed by atoms with Crippen LogP contribution in [0.1, 0.15) is 31.2 Å². The molecule has 0 radical (unpaired) electrons. The van der Waals surface area contributed by atoms with Gasteiger partial charge in [-0.05, 0) is 30.5 Å². The average molecular weight is 236 g/mol. The lowest BCUT2D eigenvalue weighted by molar-refractivity contribution is -0.0971. The van der Waals surface area contributed by atoms with Crippen LogP contribution in [0.4, 0.5) is 5.82 Å². The molecule has 2 rings (SSSR count). The Bertz CT molecular complexity index is 375. The summed E-state index contributed by atoms with van der Waals surface area (Å²) in [4.78, 5) is 3.95. The van der Waals surface area contributed by atoms with Gasteiger partial charge in [-0.15, -0.1) is 0 Å². The van der Waals surface area contributed by atoms with Crippen LogP contribution in [-0.2, 0) is 11.2 Å². The van der Waals surface area contributed by atoms with Crippen LogP contribution in [0.15, 0.2) is 18.3 Å². The van der Waals surface area contributed by atoms with Gasteiger partial charge in [0.25, 0.3) is 0 Å². The van der Waals surface area contributed by atoms with E-state index in [1.807, 2.05) is 12.1 Å². The quantitative estimate of drug-likeness (QED) is 0.831. The van der Waals surface area contributed by atoms with E-state index in [0.29, 0.717) is 12.2 Å². The van der Waals surface area contributed by atoms with Gasteiger partial charge in [-0.1, -0.05) is 12.8 Å². The van der Waals surface area contributed by atoms with E-state index in [0.717, 1.165) is 31.2 Å². The number of anilines is 1. The lowest BCUT2D eigenvalue weighted by atomic mass is 9.90. The zero-order valence-electron chi connectivity index (χ0n) is 10.2. The van der Waals surface area contributed by atoms with Crippen LogP contribution in [0, 0.1) is 0 Å². The molecule has 0 bridgehead atoms. The van der Waals surface area contributed by atoms with Crippen LogP contribution < -0.4 is 5.73 Å². The SMILES string of the molecule is COC1(C(O)Cc2ccnc(N)c2)CCCC1. The van der Waals surface area contributed by atoms with Crippen molar-refractivity contribution in [1.29, 1.82) is 0 Å². The fourth-order valence-corrected chi connectivity index (χ4v) is 2.68. The zero-order chi connectivity index (χ0) is 12.3. The lowest BCUT2D eigenvalue weighted by Crippen LogP contribution is -2.42. The number of ether oxygens (including phenoxy) is 1. The van der Waals surface area contributed by atoms with Gasteiger partial charge in [-0.3, -0.25) is 0 Å². The molecule has 0 aliphatic heterocycles. The van der Waals surface area contributed by atoms with E-state index in [-0.39, 0.29) is 5.60 Å². The fourth-order valence-electron chi connectivity index (χ4n) is 2.68. The Kier molecular flexibility index (Phi) is 3.64. The van der Waals surface area contributed by atoms with Crippen molar-refractivity contribution >= 4 is 5.82 Å². The van der Waals surface area contributed by atoms with Crippen LogP contribution in [0.5, 0.6) is 0 Å². The summed E-state index contributed by atoms with van der Waals surface area (Å²) < 4.78 is 5.57. The monoisotopic (exact) mass is 236 g/mol. The first-order chi connectivity index (χ1) is 8.16. The van der Waals surface area contributed by atoms with Gasteiger partial charge < -0.3 is 15.6 Å². The predicted molar refractivity (Wildman–Crippen MR) is 66.6 cm³/mol. The van der Waals surface area contributed by atoms with Crippen LogP contribution in [0.2, 0.25) is 0 Å². The molecule has 0 saturated heterocycles. The fraction of sp³-hybridized carbons (Fsp3) is 0.615. The highest BCUT2D eigenvalue weighted by Crippen LogP contribution is 2.36. The van der Waals surface area contributed by atoms with Crippen LogP contribution in [0.25, 0.3) is 0 Å². The Labute approximate surface area is 102 Å². The molecule has 1 heterocycles. The second kappa shape index (κ2) is 5.02. The first kappa shape index (κ1) is 12.3. The molecule has 1 aliphatic rings. The van der Waals surface area contributed by atoms with Crippen molar-refractivity contribution in [2.45, 2.75) is 43.8 Å². The smallest absolute Gasteiger partial charge is 0.123 e. The predicted octanol–water partition coefficient (Wildman–Crippen LogP) is 1.53. The first-order valence-corrected chi connectivity index (χ1v) is 6.10. The standard InChI is InChI=1S/C13H20N2O2/c1-17-13(5-2-3-6-13)11(16)8-10-4-7-15-12(14)9-10/h4,7,9,11,16H,2-3,5-6,8H2,1H3,(H2,14,15). The van der Waals surface area contributed by atoms with Gasteiger partial charge in [0.2, 0.25) is 0 Å². The van der Waals surface area contributed by atoms with E-state index in [9.17, 15) is 5.11 Å². The molecule has 1 fully saturated rings. The Hall–Kier alpha value is -1.13. The Morgan fingerprint density at radius 2 is 2.24 bits per heavy atom. The topological polar surface area (TPSA) is 68.4 Å². The third-order valence-electron chi connectivity index (χ3n) is 3.74. The number of aromatic nitrogens is 1. The van der Waals surface area contributed by atoms with Gasteiger partial charge >= 0.3 is 0 Å². The maximum Gasteiger partial charge on any atom is 0.123 e. The second-order valence-electron chi connectivity index (χ2n) is 4.78. The van der Waals surface area contributed by atoms with Crippen molar-refractivity contribution in [2.24, 2.45) is 0 Å². The first-order valence-electron chi connectivity index (χ1n) is 6.10. The molecule has 1 aromatic heterocycles. The van der Waals surface area contributed by atoms with Crippen LogP contribution in [-0.4, -0.2) is 28.9 Å². The summed E-state index contributed by atoms with van der Waals surface area (Å²) in [7, 11) is 1.69. The maximum atomic E-state index is 10.4. The molecule has 94 valence electrons. The third-order valence-corrected chi connectivity index (χ3v) is 3.74. The van der Waals surface area contributed by atoms with Gasteiger partial charge in [0.05, 0.1) is 11.7 Å². The van der Waals surface area contributed by atoms with E-state index < -0.39 is 6.10 Å². The second-order valence-corrected chi connectivity index (χ2v) is 4.78. The van der Waals surface area contributed by atoms with Crippen molar-refractivity contribution in [3.8, 4) is 0 Å². The van der Waals surface area contributed by atoms with Crippen molar-refractivity contribution in [2.75, 3.05) is 12.8 Å². The minimum atomic E-state index is -0.475. The summed E-state index contributed by atoms with van der Waals surface area (Å²) >= 11 is 0.